The van der Waals surface area contributed by atoms with Gasteiger partial charge in [-0.15, -0.1) is 0 Å². The Morgan fingerprint density at radius 1 is 1.15 bits per heavy atom. The molecule has 104 valence electrons. The minimum atomic E-state index is -0.943. The van der Waals surface area contributed by atoms with Crippen LogP contribution in [0.4, 0.5) is 10.1 Å². The zero-order valence-corrected chi connectivity index (χ0v) is 11.4. The van der Waals surface area contributed by atoms with Crippen molar-refractivity contribution in [2.75, 3.05) is 5.32 Å². The highest BCUT2D eigenvalue weighted by Crippen LogP contribution is 2.16. The molecule has 0 amide bonds. The number of hydrogen-bond donors (Lipinski definition) is 2. The lowest BCUT2D eigenvalue weighted by Crippen LogP contribution is -2.02. The molecule has 0 unspecified atom stereocenters. The normalized spacial score (nSPS) is 10.3. The third kappa shape index (κ3) is 3.15. The summed E-state index contributed by atoms with van der Waals surface area (Å²) >= 11 is 0. The number of carbonyl (C=O) groups is 1. The van der Waals surface area contributed by atoms with Crippen molar-refractivity contribution in [1.29, 1.82) is 0 Å². The molecule has 0 aliphatic carbocycles. The number of rotatable bonds is 4. The van der Waals surface area contributed by atoms with E-state index in [1.165, 1.54) is 0 Å². The molecule has 0 heterocycles. The molecule has 2 aromatic rings. The summed E-state index contributed by atoms with van der Waals surface area (Å²) < 4.78 is 13.5. The van der Waals surface area contributed by atoms with Crippen LogP contribution in [0.2, 0.25) is 0 Å². The molecule has 2 N–H and O–H groups in total. The van der Waals surface area contributed by atoms with E-state index < -0.39 is 5.97 Å². The van der Waals surface area contributed by atoms with Gasteiger partial charge in [-0.25, -0.2) is 9.18 Å². The van der Waals surface area contributed by atoms with Gasteiger partial charge in [-0.05, 0) is 54.8 Å². The second-order valence-electron chi connectivity index (χ2n) is 4.78. The Bertz CT molecular complexity index is 612. The molecular formula is C16H16FNO2. The summed E-state index contributed by atoms with van der Waals surface area (Å²) in [4.78, 5) is 10.7. The van der Waals surface area contributed by atoms with Crippen molar-refractivity contribution in [3.63, 3.8) is 0 Å². The summed E-state index contributed by atoms with van der Waals surface area (Å²) in [7, 11) is 0. The predicted molar refractivity (Wildman–Crippen MR) is 76.6 cm³/mol. The molecule has 0 saturated carbocycles. The third-order valence-electron chi connectivity index (χ3n) is 3.12. The van der Waals surface area contributed by atoms with Crippen molar-refractivity contribution in [3.05, 3.63) is 64.5 Å². The van der Waals surface area contributed by atoms with E-state index in [0.717, 1.165) is 11.3 Å². The quantitative estimate of drug-likeness (QED) is 0.891. The highest BCUT2D eigenvalue weighted by molar-refractivity contribution is 5.87. The van der Waals surface area contributed by atoms with Gasteiger partial charge in [-0.3, -0.25) is 0 Å². The van der Waals surface area contributed by atoms with Crippen LogP contribution < -0.4 is 5.32 Å². The molecule has 0 spiro atoms. The van der Waals surface area contributed by atoms with Crippen molar-refractivity contribution in [2.45, 2.75) is 20.4 Å². The summed E-state index contributed by atoms with van der Waals surface area (Å²) in [6.07, 6.45) is 0. The molecule has 0 saturated heterocycles. The second kappa shape index (κ2) is 5.74. The predicted octanol–water partition coefficient (Wildman–Crippen LogP) is 3.75. The minimum Gasteiger partial charge on any atom is -0.478 e. The monoisotopic (exact) mass is 273 g/mol. The van der Waals surface area contributed by atoms with Crippen LogP contribution in [0.1, 0.15) is 27.0 Å². The Morgan fingerprint density at radius 3 is 2.20 bits per heavy atom. The Labute approximate surface area is 117 Å². The molecule has 0 fully saturated rings. The van der Waals surface area contributed by atoms with Gasteiger partial charge in [-0.1, -0.05) is 12.1 Å². The summed E-state index contributed by atoms with van der Waals surface area (Å²) in [5, 5.41) is 12.0. The zero-order chi connectivity index (χ0) is 14.7. The summed E-state index contributed by atoms with van der Waals surface area (Å²) in [6, 6.07) is 10.1. The van der Waals surface area contributed by atoms with Gasteiger partial charge in [0.1, 0.15) is 5.82 Å². The fourth-order valence-corrected chi connectivity index (χ4v) is 2.07. The summed E-state index contributed by atoms with van der Waals surface area (Å²) in [5.41, 5.74) is 3.33. The van der Waals surface area contributed by atoms with Gasteiger partial charge < -0.3 is 10.4 Å². The topological polar surface area (TPSA) is 49.3 Å². The number of hydrogen-bond acceptors (Lipinski definition) is 2. The zero-order valence-electron chi connectivity index (χ0n) is 11.4. The Hall–Kier alpha value is -2.36. The summed E-state index contributed by atoms with van der Waals surface area (Å²) in [6.45, 7) is 4.05. The van der Waals surface area contributed by atoms with E-state index in [4.69, 9.17) is 5.11 Å². The van der Waals surface area contributed by atoms with Crippen LogP contribution >= 0.6 is 0 Å². The first kappa shape index (κ1) is 14.1. The van der Waals surface area contributed by atoms with Crippen molar-refractivity contribution in [3.8, 4) is 0 Å². The number of benzene rings is 2. The van der Waals surface area contributed by atoms with Crippen LogP contribution in [0.25, 0.3) is 0 Å². The van der Waals surface area contributed by atoms with Crippen LogP contribution in [-0.2, 0) is 6.54 Å². The van der Waals surface area contributed by atoms with Crippen molar-refractivity contribution in [2.24, 2.45) is 0 Å². The van der Waals surface area contributed by atoms with E-state index in [1.54, 1.807) is 50.2 Å². The lowest BCUT2D eigenvalue weighted by Gasteiger charge is -2.09. The van der Waals surface area contributed by atoms with Crippen molar-refractivity contribution in [1.82, 2.24) is 0 Å². The molecule has 2 rings (SSSR count). The molecule has 0 radical (unpaired) electrons. The smallest absolute Gasteiger partial charge is 0.335 e. The van der Waals surface area contributed by atoms with E-state index in [1.807, 2.05) is 0 Å². The fraction of sp³-hybridized carbons (Fsp3) is 0.188. The largest absolute Gasteiger partial charge is 0.478 e. The van der Waals surface area contributed by atoms with E-state index >= 15 is 0 Å². The number of halogens is 1. The van der Waals surface area contributed by atoms with Gasteiger partial charge in [0.25, 0.3) is 0 Å². The van der Waals surface area contributed by atoms with Gasteiger partial charge in [0.2, 0.25) is 0 Å². The van der Waals surface area contributed by atoms with Crippen molar-refractivity contribution >= 4 is 11.7 Å². The van der Waals surface area contributed by atoms with E-state index in [0.29, 0.717) is 17.7 Å². The average Bonchev–Trinajstić information content (AvgIpc) is 2.42. The second-order valence-corrected chi connectivity index (χ2v) is 4.78. The number of nitrogens with one attached hydrogen (secondary N) is 1. The lowest BCUT2D eigenvalue weighted by molar-refractivity contribution is 0.0697. The van der Waals surface area contributed by atoms with E-state index in [-0.39, 0.29) is 11.4 Å². The van der Waals surface area contributed by atoms with Gasteiger partial charge in [0.05, 0.1) is 5.56 Å². The van der Waals surface area contributed by atoms with Gasteiger partial charge in [-0.2, -0.15) is 0 Å². The van der Waals surface area contributed by atoms with Gasteiger partial charge >= 0.3 is 5.97 Å². The first-order valence-corrected chi connectivity index (χ1v) is 6.30. The van der Waals surface area contributed by atoms with Gasteiger partial charge in [0.15, 0.2) is 0 Å². The molecule has 0 aromatic heterocycles. The molecule has 20 heavy (non-hydrogen) atoms. The molecular weight excluding hydrogens is 257 g/mol. The number of carboxylic acid groups (broad SMARTS) is 1. The van der Waals surface area contributed by atoms with Crippen LogP contribution in [0.5, 0.6) is 0 Å². The standard InChI is InChI=1S/C16H16FNO2/c1-10-7-12(8-11(2)15(10)17)9-18-14-5-3-13(4-6-14)16(19)20/h3-8,18H,9H2,1-2H3,(H,19,20). The molecule has 0 aliphatic heterocycles. The Balaban J connectivity index is 2.07. The lowest BCUT2D eigenvalue weighted by atomic mass is 10.1. The highest BCUT2D eigenvalue weighted by Gasteiger charge is 2.05. The van der Waals surface area contributed by atoms with Crippen molar-refractivity contribution < 1.29 is 14.3 Å². The SMILES string of the molecule is Cc1cc(CNc2ccc(C(=O)O)cc2)cc(C)c1F. The first-order valence-electron chi connectivity index (χ1n) is 6.30. The molecule has 3 nitrogen and oxygen atoms in total. The van der Waals surface area contributed by atoms with Crippen LogP contribution in [0.3, 0.4) is 0 Å². The van der Waals surface area contributed by atoms with Crippen LogP contribution in [0.15, 0.2) is 36.4 Å². The molecule has 0 bridgehead atoms. The maximum absolute atomic E-state index is 13.5. The first-order chi connectivity index (χ1) is 9.47. The third-order valence-corrected chi connectivity index (χ3v) is 3.12. The Morgan fingerprint density at radius 2 is 1.70 bits per heavy atom. The molecule has 0 aliphatic rings. The van der Waals surface area contributed by atoms with E-state index in [2.05, 4.69) is 5.32 Å². The average molecular weight is 273 g/mol. The van der Waals surface area contributed by atoms with Gasteiger partial charge in [0, 0.05) is 12.2 Å². The summed E-state index contributed by atoms with van der Waals surface area (Å²) in [5.74, 6) is -1.11. The molecule has 4 heteroatoms. The van der Waals surface area contributed by atoms with Crippen LogP contribution in [-0.4, -0.2) is 11.1 Å². The maximum atomic E-state index is 13.5. The Kier molecular flexibility index (Phi) is 4.03. The number of anilines is 1. The van der Waals surface area contributed by atoms with E-state index in [9.17, 15) is 9.18 Å². The number of aromatic carboxylic acids is 1. The maximum Gasteiger partial charge on any atom is 0.335 e. The number of carboxylic acids is 1. The van der Waals surface area contributed by atoms with Crippen LogP contribution in [0, 0.1) is 19.7 Å². The molecule has 2 aromatic carbocycles. The highest BCUT2D eigenvalue weighted by atomic mass is 19.1. The number of aryl methyl sites for hydroxylation is 2. The fourth-order valence-electron chi connectivity index (χ4n) is 2.07. The minimum absolute atomic E-state index is 0.167. The molecule has 0 atom stereocenters.